The fourth-order valence-corrected chi connectivity index (χ4v) is 3.65. The number of hydrogen-bond donors (Lipinski definition) is 1. The van der Waals surface area contributed by atoms with Crippen LogP contribution in [-0.2, 0) is 0 Å². The smallest absolute Gasteiger partial charge is 0.266 e. The molecule has 4 rings (SSSR count). The van der Waals surface area contributed by atoms with Gasteiger partial charge in [0.1, 0.15) is 11.6 Å². The quantitative estimate of drug-likeness (QED) is 0.433. The zero-order valence-electron chi connectivity index (χ0n) is 17.8. The van der Waals surface area contributed by atoms with Crippen molar-refractivity contribution >= 4 is 17.1 Å². The van der Waals surface area contributed by atoms with Crippen molar-refractivity contribution in [3.63, 3.8) is 0 Å². The van der Waals surface area contributed by atoms with Gasteiger partial charge in [0.2, 0.25) is 0 Å². The molecule has 4 nitrogen and oxygen atoms in total. The van der Waals surface area contributed by atoms with Crippen LogP contribution in [0.2, 0.25) is 0 Å². The van der Waals surface area contributed by atoms with Gasteiger partial charge in [0.15, 0.2) is 0 Å². The summed E-state index contributed by atoms with van der Waals surface area (Å²) in [6.45, 7) is 5.97. The molecule has 152 valence electrons. The highest BCUT2D eigenvalue weighted by Crippen LogP contribution is 2.36. The summed E-state index contributed by atoms with van der Waals surface area (Å²) in [5.41, 5.74) is 7.51. The number of aryl methyl sites for hydroxylation is 3. The number of anilines is 3. The van der Waals surface area contributed by atoms with Gasteiger partial charge in [-0.15, -0.1) is 0 Å². The predicted octanol–water partition coefficient (Wildman–Crippen LogP) is 6.31. The van der Waals surface area contributed by atoms with E-state index in [9.17, 15) is 10.1 Å². The van der Waals surface area contributed by atoms with Crippen LogP contribution in [0.15, 0.2) is 83.7 Å². The number of nitrogens with zero attached hydrogens (tertiary/aromatic N) is 2. The summed E-state index contributed by atoms with van der Waals surface area (Å²) in [5, 5.41) is 9.46. The van der Waals surface area contributed by atoms with Crippen molar-refractivity contribution in [3.05, 3.63) is 112 Å². The number of pyridine rings is 1. The molecule has 3 aromatic carbocycles. The highest BCUT2D eigenvalue weighted by molar-refractivity contribution is 5.79. The summed E-state index contributed by atoms with van der Waals surface area (Å²) in [6, 6.07) is 28.7. The molecule has 0 aliphatic heterocycles. The minimum atomic E-state index is -0.359. The third-order valence-corrected chi connectivity index (χ3v) is 5.30. The second-order valence-electron chi connectivity index (χ2n) is 7.74. The largest absolute Gasteiger partial charge is 0.325 e. The molecule has 4 heteroatoms. The first-order valence-electron chi connectivity index (χ1n) is 10.1. The maximum absolute atomic E-state index is 12.2. The number of aromatic amines is 1. The molecule has 31 heavy (non-hydrogen) atoms. The van der Waals surface area contributed by atoms with Gasteiger partial charge in [-0.2, -0.15) is 5.26 Å². The topological polar surface area (TPSA) is 59.9 Å². The average Bonchev–Trinajstić information content (AvgIpc) is 2.76. The summed E-state index contributed by atoms with van der Waals surface area (Å²) in [4.78, 5) is 17.1. The monoisotopic (exact) mass is 405 g/mol. The van der Waals surface area contributed by atoms with Crippen LogP contribution in [0.4, 0.5) is 17.1 Å². The second-order valence-corrected chi connectivity index (χ2v) is 7.74. The molecule has 0 fully saturated rings. The van der Waals surface area contributed by atoms with E-state index in [4.69, 9.17) is 0 Å². The number of aromatic nitrogens is 1. The van der Waals surface area contributed by atoms with Gasteiger partial charge in [-0.05, 0) is 68.8 Å². The van der Waals surface area contributed by atoms with Crippen molar-refractivity contribution in [2.45, 2.75) is 20.8 Å². The lowest BCUT2D eigenvalue weighted by atomic mass is 10.0. The Hall–Kier alpha value is -4.10. The molecule has 1 aromatic heterocycles. The fraction of sp³-hybridized carbons (Fsp3) is 0.111. The zero-order valence-corrected chi connectivity index (χ0v) is 17.8. The Balaban J connectivity index is 1.81. The van der Waals surface area contributed by atoms with Crippen LogP contribution in [0.3, 0.4) is 0 Å². The van der Waals surface area contributed by atoms with Crippen molar-refractivity contribution in [1.29, 1.82) is 5.26 Å². The van der Waals surface area contributed by atoms with Crippen molar-refractivity contribution in [3.8, 4) is 17.2 Å². The van der Waals surface area contributed by atoms with Crippen molar-refractivity contribution in [1.82, 2.24) is 4.98 Å². The average molecular weight is 406 g/mol. The van der Waals surface area contributed by atoms with Gasteiger partial charge in [-0.3, -0.25) is 4.79 Å². The molecule has 1 N–H and O–H groups in total. The lowest BCUT2D eigenvalue weighted by Crippen LogP contribution is -2.13. The summed E-state index contributed by atoms with van der Waals surface area (Å²) in [6.07, 6.45) is 0. The number of benzene rings is 3. The molecule has 1 heterocycles. The van der Waals surface area contributed by atoms with Crippen molar-refractivity contribution < 1.29 is 0 Å². The Labute approximate surface area is 182 Å². The van der Waals surface area contributed by atoms with Crippen molar-refractivity contribution in [2.24, 2.45) is 0 Å². The van der Waals surface area contributed by atoms with E-state index >= 15 is 0 Å². The summed E-state index contributed by atoms with van der Waals surface area (Å²) in [7, 11) is 0. The molecular formula is C27H23N3O. The van der Waals surface area contributed by atoms with E-state index in [2.05, 4.69) is 72.3 Å². The molecule has 0 amide bonds. The van der Waals surface area contributed by atoms with Crippen LogP contribution < -0.4 is 10.5 Å². The van der Waals surface area contributed by atoms with E-state index in [-0.39, 0.29) is 11.1 Å². The summed E-state index contributed by atoms with van der Waals surface area (Å²) < 4.78 is 0. The van der Waals surface area contributed by atoms with Crippen LogP contribution in [0.5, 0.6) is 0 Å². The van der Waals surface area contributed by atoms with E-state index < -0.39 is 0 Å². The lowest BCUT2D eigenvalue weighted by molar-refractivity contribution is 1.13. The fourth-order valence-electron chi connectivity index (χ4n) is 3.65. The molecule has 0 unspecified atom stereocenters. The number of hydrogen-bond acceptors (Lipinski definition) is 3. The van der Waals surface area contributed by atoms with E-state index in [1.807, 2.05) is 43.3 Å². The lowest BCUT2D eigenvalue weighted by Gasteiger charge is -2.26. The Kier molecular flexibility index (Phi) is 5.43. The van der Waals surface area contributed by atoms with Gasteiger partial charge in [-0.25, -0.2) is 0 Å². The second kappa shape index (κ2) is 8.33. The van der Waals surface area contributed by atoms with Crippen LogP contribution in [-0.4, -0.2) is 4.98 Å². The number of rotatable bonds is 4. The number of nitriles is 1. The van der Waals surface area contributed by atoms with Crippen LogP contribution in [0, 0.1) is 32.1 Å². The van der Waals surface area contributed by atoms with E-state index in [1.54, 1.807) is 0 Å². The predicted molar refractivity (Wildman–Crippen MR) is 126 cm³/mol. The third-order valence-electron chi connectivity index (χ3n) is 5.30. The first-order chi connectivity index (χ1) is 15.0. The van der Waals surface area contributed by atoms with Crippen LogP contribution in [0.25, 0.3) is 11.1 Å². The molecule has 0 atom stereocenters. The highest BCUT2D eigenvalue weighted by Gasteiger charge is 2.14. The molecule has 0 spiro atoms. The van der Waals surface area contributed by atoms with E-state index in [1.165, 1.54) is 11.1 Å². The van der Waals surface area contributed by atoms with Gasteiger partial charge >= 0.3 is 0 Å². The molecule has 0 saturated carbocycles. The molecular weight excluding hydrogens is 382 g/mol. The Bertz CT molecular complexity index is 1260. The molecule has 0 bridgehead atoms. The van der Waals surface area contributed by atoms with Gasteiger partial charge in [-0.1, -0.05) is 47.5 Å². The van der Waals surface area contributed by atoms with Crippen molar-refractivity contribution in [2.75, 3.05) is 4.90 Å². The normalized spacial score (nSPS) is 10.5. The number of H-pyrrole nitrogens is 1. The Morgan fingerprint density at radius 2 is 1.19 bits per heavy atom. The minimum Gasteiger partial charge on any atom is -0.325 e. The van der Waals surface area contributed by atoms with Gasteiger partial charge < -0.3 is 9.88 Å². The zero-order chi connectivity index (χ0) is 22.0. The molecule has 0 radical (unpaired) electrons. The first-order valence-corrected chi connectivity index (χ1v) is 10.1. The molecule has 0 aliphatic carbocycles. The van der Waals surface area contributed by atoms with Gasteiger partial charge in [0.25, 0.3) is 5.56 Å². The SMILES string of the molecule is Cc1ccc(N(c2ccc(C)cc2)c2ccc(-c3cc(C)[nH]c(=O)c3C#N)cc2)cc1. The van der Waals surface area contributed by atoms with Gasteiger partial charge in [0.05, 0.1) is 0 Å². The first kappa shape index (κ1) is 20.2. The van der Waals surface area contributed by atoms with Crippen LogP contribution in [0.1, 0.15) is 22.4 Å². The highest BCUT2D eigenvalue weighted by atomic mass is 16.1. The van der Waals surface area contributed by atoms with Gasteiger partial charge in [0, 0.05) is 28.3 Å². The third kappa shape index (κ3) is 4.12. The molecule has 4 aromatic rings. The van der Waals surface area contributed by atoms with E-state index in [0.29, 0.717) is 5.56 Å². The molecule has 0 aliphatic rings. The summed E-state index contributed by atoms with van der Waals surface area (Å²) >= 11 is 0. The van der Waals surface area contributed by atoms with Crippen LogP contribution >= 0.6 is 0 Å². The standard InChI is InChI=1S/C27H23N3O/c1-18-4-10-22(11-5-18)30(23-12-6-19(2)7-13-23)24-14-8-21(9-15-24)25-16-20(3)29-27(31)26(25)17-28/h4-16H,1-3H3,(H,29,31). The summed E-state index contributed by atoms with van der Waals surface area (Å²) in [5.74, 6) is 0. The Morgan fingerprint density at radius 3 is 1.65 bits per heavy atom. The number of nitrogens with one attached hydrogen (secondary N) is 1. The maximum atomic E-state index is 12.2. The van der Waals surface area contributed by atoms with E-state index in [0.717, 1.165) is 28.3 Å². The molecule has 0 saturated heterocycles. The minimum absolute atomic E-state index is 0.132. The Morgan fingerprint density at radius 1 is 0.742 bits per heavy atom. The maximum Gasteiger partial charge on any atom is 0.266 e.